The number of carbonyl (C=O) groups is 2. The van der Waals surface area contributed by atoms with E-state index in [0.29, 0.717) is 12.2 Å². The van der Waals surface area contributed by atoms with E-state index < -0.39 is 0 Å². The minimum Gasteiger partial charge on any atom is -0.483 e. The van der Waals surface area contributed by atoms with Crippen LogP contribution in [0.15, 0.2) is 30.5 Å². The van der Waals surface area contributed by atoms with Crippen LogP contribution in [0.1, 0.15) is 30.4 Å². The first kappa shape index (κ1) is 19.9. The van der Waals surface area contributed by atoms with Crippen LogP contribution >= 0.6 is 0 Å². The predicted molar refractivity (Wildman–Crippen MR) is 108 cm³/mol. The number of aryl methyl sites for hydroxylation is 1. The maximum atomic E-state index is 12.1. The molecule has 8 heteroatoms. The molecular formula is C20H27N5O3. The summed E-state index contributed by atoms with van der Waals surface area (Å²) in [5.74, 6) is 0.846. The second-order valence-corrected chi connectivity index (χ2v) is 7.08. The van der Waals surface area contributed by atoms with E-state index in [1.165, 1.54) is 11.3 Å². The van der Waals surface area contributed by atoms with Gasteiger partial charge in [-0.25, -0.2) is 0 Å². The lowest BCUT2D eigenvalue weighted by atomic mass is 9.87. The fraction of sp³-hybridized carbons (Fsp3) is 0.450. The van der Waals surface area contributed by atoms with Gasteiger partial charge in [0.2, 0.25) is 5.91 Å². The molecule has 1 atom stereocenters. The minimum atomic E-state index is -0.250. The molecule has 1 saturated heterocycles. The summed E-state index contributed by atoms with van der Waals surface area (Å²) in [6.07, 6.45) is 2.55. The van der Waals surface area contributed by atoms with E-state index in [1.54, 1.807) is 0 Å². The highest BCUT2D eigenvalue weighted by molar-refractivity contribution is 5.94. The highest BCUT2D eigenvalue weighted by Crippen LogP contribution is 2.37. The summed E-state index contributed by atoms with van der Waals surface area (Å²) in [5.41, 5.74) is 3.57. The Morgan fingerprint density at radius 3 is 2.46 bits per heavy atom. The van der Waals surface area contributed by atoms with Gasteiger partial charge in [0.05, 0.1) is 0 Å². The van der Waals surface area contributed by atoms with Gasteiger partial charge in [-0.3, -0.25) is 14.3 Å². The van der Waals surface area contributed by atoms with Crippen LogP contribution in [0.3, 0.4) is 0 Å². The molecule has 1 aromatic heterocycles. The highest BCUT2D eigenvalue weighted by atomic mass is 16.3. The maximum Gasteiger partial charge on any atom is 0.290 e. The van der Waals surface area contributed by atoms with Crippen molar-refractivity contribution in [2.24, 2.45) is 0 Å². The Morgan fingerprint density at radius 2 is 1.86 bits per heavy atom. The Hall–Kier alpha value is -2.87. The SMILES string of the molecule is CCn1cc2c(n1)NC(=O)CC2c1ccc(N2CCN(C)CC2)cc1.O=CO. The molecule has 1 unspecified atom stereocenters. The van der Waals surface area contributed by atoms with Crippen molar-refractivity contribution >= 4 is 23.9 Å². The number of nitrogens with one attached hydrogen (secondary N) is 1. The van der Waals surface area contributed by atoms with Crippen LogP contribution < -0.4 is 10.2 Å². The summed E-state index contributed by atoms with van der Waals surface area (Å²) in [6.45, 7) is 6.94. The molecule has 8 nitrogen and oxygen atoms in total. The zero-order valence-electron chi connectivity index (χ0n) is 16.3. The monoisotopic (exact) mass is 385 g/mol. The molecule has 4 rings (SSSR count). The molecule has 0 saturated carbocycles. The van der Waals surface area contributed by atoms with Crippen LogP contribution in [0.25, 0.3) is 0 Å². The Bertz CT molecular complexity index is 810. The molecule has 150 valence electrons. The normalized spacial score (nSPS) is 19.3. The molecule has 2 aromatic rings. The van der Waals surface area contributed by atoms with Crippen LogP contribution in [-0.4, -0.2) is 65.4 Å². The van der Waals surface area contributed by atoms with Crippen molar-refractivity contribution in [1.29, 1.82) is 0 Å². The van der Waals surface area contributed by atoms with Crippen molar-refractivity contribution in [2.45, 2.75) is 25.8 Å². The zero-order valence-corrected chi connectivity index (χ0v) is 16.3. The molecule has 1 amide bonds. The van der Waals surface area contributed by atoms with E-state index in [9.17, 15) is 4.79 Å². The van der Waals surface area contributed by atoms with Gasteiger partial charge in [-0.2, -0.15) is 5.10 Å². The Morgan fingerprint density at radius 1 is 1.21 bits per heavy atom. The summed E-state index contributed by atoms with van der Waals surface area (Å²) in [6, 6.07) is 8.72. The molecule has 0 aliphatic carbocycles. The van der Waals surface area contributed by atoms with Gasteiger partial charge in [-0.1, -0.05) is 12.1 Å². The van der Waals surface area contributed by atoms with Crippen molar-refractivity contribution in [1.82, 2.24) is 14.7 Å². The molecule has 0 spiro atoms. The third-order valence-corrected chi connectivity index (χ3v) is 5.30. The molecule has 2 aliphatic heterocycles. The number of nitrogens with zero attached hydrogens (tertiary/aromatic N) is 4. The summed E-state index contributed by atoms with van der Waals surface area (Å²) in [7, 11) is 2.17. The van der Waals surface area contributed by atoms with Gasteiger partial charge in [0.15, 0.2) is 5.82 Å². The van der Waals surface area contributed by atoms with E-state index in [-0.39, 0.29) is 18.3 Å². The van der Waals surface area contributed by atoms with E-state index >= 15 is 0 Å². The van der Waals surface area contributed by atoms with Crippen LogP contribution in [0.5, 0.6) is 0 Å². The van der Waals surface area contributed by atoms with Gasteiger partial charge in [-0.05, 0) is 31.7 Å². The number of amides is 1. The Balaban J connectivity index is 0.000000706. The molecule has 3 heterocycles. The zero-order chi connectivity index (χ0) is 20.1. The minimum absolute atomic E-state index is 0.0435. The first-order chi connectivity index (χ1) is 13.5. The van der Waals surface area contributed by atoms with Gasteiger partial charge >= 0.3 is 0 Å². The van der Waals surface area contributed by atoms with Gasteiger partial charge < -0.3 is 20.2 Å². The molecule has 0 bridgehead atoms. The van der Waals surface area contributed by atoms with Crippen molar-refractivity contribution in [3.63, 3.8) is 0 Å². The molecule has 0 radical (unpaired) electrons. The van der Waals surface area contributed by atoms with Gasteiger partial charge in [-0.15, -0.1) is 0 Å². The second kappa shape index (κ2) is 8.88. The van der Waals surface area contributed by atoms with Crippen molar-refractivity contribution < 1.29 is 14.7 Å². The summed E-state index contributed by atoms with van der Waals surface area (Å²) in [5, 5.41) is 14.3. The number of hydrogen-bond donors (Lipinski definition) is 2. The standard InChI is InChI=1S/C19H25N5O.CH2O2/c1-3-24-13-17-16(12-18(25)20-19(17)21-24)14-4-6-15(7-5-14)23-10-8-22(2)9-11-23;2-1-3/h4-7,13,16H,3,8-12H2,1-2H3,(H,20,21,25);1H,(H,2,3). The number of piperazine rings is 1. The van der Waals surface area contributed by atoms with E-state index in [2.05, 4.69) is 64.6 Å². The fourth-order valence-electron chi connectivity index (χ4n) is 3.71. The van der Waals surface area contributed by atoms with E-state index in [4.69, 9.17) is 9.90 Å². The summed E-state index contributed by atoms with van der Waals surface area (Å²) in [4.78, 5) is 25.2. The van der Waals surface area contributed by atoms with E-state index in [0.717, 1.165) is 38.3 Å². The number of likely N-dealkylation sites (N-methyl/N-ethyl adjacent to an activating group) is 1. The molecule has 2 aliphatic rings. The van der Waals surface area contributed by atoms with Crippen LogP contribution in [-0.2, 0) is 16.1 Å². The molecule has 28 heavy (non-hydrogen) atoms. The summed E-state index contributed by atoms with van der Waals surface area (Å²) >= 11 is 0. The van der Waals surface area contributed by atoms with Crippen molar-refractivity contribution in [3.05, 3.63) is 41.6 Å². The van der Waals surface area contributed by atoms with Gasteiger partial charge in [0.25, 0.3) is 6.47 Å². The number of carboxylic acid groups (broad SMARTS) is 1. The number of anilines is 2. The molecule has 1 fully saturated rings. The molecule has 2 N–H and O–H groups in total. The largest absolute Gasteiger partial charge is 0.483 e. The average Bonchev–Trinajstić information content (AvgIpc) is 3.12. The van der Waals surface area contributed by atoms with Crippen molar-refractivity contribution in [2.75, 3.05) is 43.4 Å². The number of rotatable bonds is 3. The average molecular weight is 385 g/mol. The lowest BCUT2D eigenvalue weighted by molar-refractivity contribution is -0.123. The highest BCUT2D eigenvalue weighted by Gasteiger charge is 2.29. The second-order valence-electron chi connectivity index (χ2n) is 7.08. The number of fused-ring (bicyclic) bond motifs is 1. The quantitative estimate of drug-likeness (QED) is 0.784. The third kappa shape index (κ3) is 4.33. The lowest BCUT2D eigenvalue weighted by Crippen LogP contribution is -2.44. The first-order valence-electron chi connectivity index (χ1n) is 9.54. The van der Waals surface area contributed by atoms with Crippen LogP contribution in [0, 0.1) is 0 Å². The smallest absolute Gasteiger partial charge is 0.290 e. The number of benzene rings is 1. The fourth-order valence-corrected chi connectivity index (χ4v) is 3.71. The number of hydrogen-bond acceptors (Lipinski definition) is 5. The van der Waals surface area contributed by atoms with Gasteiger partial charge in [0.1, 0.15) is 0 Å². The molecular weight excluding hydrogens is 358 g/mol. The number of carbonyl (C=O) groups excluding carboxylic acids is 1. The van der Waals surface area contributed by atoms with Crippen LogP contribution in [0.2, 0.25) is 0 Å². The topological polar surface area (TPSA) is 90.7 Å². The Kier molecular flexibility index (Phi) is 6.30. The first-order valence-corrected chi connectivity index (χ1v) is 9.54. The summed E-state index contributed by atoms with van der Waals surface area (Å²) < 4.78 is 1.89. The third-order valence-electron chi connectivity index (χ3n) is 5.30. The van der Waals surface area contributed by atoms with Crippen LogP contribution in [0.4, 0.5) is 11.5 Å². The number of aromatic nitrogens is 2. The van der Waals surface area contributed by atoms with Gasteiger partial charge in [0, 0.05) is 62.5 Å². The maximum absolute atomic E-state index is 12.1. The predicted octanol–water partition coefficient (Wildman–Crippen LogP) is 1.83. The lowest BCUT2D eigenvalue weighted by Gasteiger charge is -2.34. The Labute approximate surface area is 164 Å². The molecule has 1 aromatic carbocycles. The van der Waals surface area contributed by atoms with E-state index in [1.807, 2.05) is 4.68 Å². The van der Waals surface area contributed by atoms with Crippen molar-refractivity contribution in [3.8, 4) is 0 Å².